The van der Waals surface area contributed by atoms with E-state index in [-0.39, 0.29) is 42.5 Å². The molecule has 0 spiro atoms. The maximum atomic E-state index is 14.5. The quantitative estimate of drug-likeness (QED) is 0.173. The van der Waals surface area contributed by atoms with Crippen LogP contribution in [0.25, 0.3) is 5.69 Å². The number of benzene rings is 2. The molecule has 1 aliphatic heterocycles. The van der Waals surface area contributed by atoms with Gasteiger partial charge in [0.05, 0.1) is 42.0 Å². The second-order valence-corrected chi connectivity index (χ2v) is 13.0. The normalized spacial score (nSPS) is 17.7. The van der Waals surface area contributed by atoms with E-state index in [9.17, 15) is 29.7 Å². The lowest BCUT2D eigenvalue weighted by molar-refractivity contribution is -0.133. The fraction of sp³-hybridized carbons (Fsp3) is 0.389. The number of aliphatic hydroxyl groups is 1. The molecule has 0 radical (unpaired) electrons. The molecule has 0 aliphatic carbocycles. The molecule has 1 amide bonds. The zero-order chi connectivity index (χ0) is 35.9. The maximum absolute atomic E-state index is 14.5. The molecule has 2 aromatic carbocycles. The van der Waals surface area contributed by atoms with Crippen LogP contribution < -0.4 is 4.90 Å². The average molecular weight is 696 g/mol. The first kappa shape index (κ1) is 37.5. The number of halogens is 1. The number of anilines is 1. The summed E-state index contributed by atoms with van der Waals surface area (Å²) in [5, 5.41) is 34.5. The van der Waals surface area contributed by atoms with Gasteiger partial charge in [0.1, 0.15) is 11.7 Å². The minimum absolute atomic E-state index is 0.0168. The van der Waals surface area contributed by atoms with Gasteiger partial charge in [-0.3, -0.25) is 4.79 Å². The number of carbonyl (C=O) groups is 3. The van der Waals surface area contributed by atoms with Gasteiger partial charge in [-0.05, 0) is 55.3 Å². The molecule has 1 unspecified atom stereocenters. The number of amides is 1. The molecule has 12 nitrogen and oxygen atoms in total. The number of carboxylic acids is 2. The van der Waals surface area contributed by atoms with Crippen LogP contribution in [0.5, 0.6) is 0 Å². The molecule has 0 fully saturated rings. The number of rotatable bonds is 15. The number of methoxy groups -OCH3 is 2. The third kappa shape index (κ3) is 9.02. The minimum atomic E-state index is -1.27. The largest absolute Gasteiger partial charge is 0.478 e. The van der Waals surface area contributed by atoms with Crippen LogP contribution in [0.15, 0.2) is 72.5 Å². The Bertz CT molecular complexity index is 1730. The number of aromatic carboxylic acids is 2. The number of carboxylic acid groups (broad SMARTS) is 2. The molecular formula is C36H42ClN3O9. The summed E-state index contributed by atoms with van der Waals surface area (Å²) in [6.45, 7) is 5.87. The lowest BCUT2D eigenvalue weighted by Crippen LogP contribution is -2.46. The molecule has 262 valence electrons. The number of hydrogen-bond acceptors (Lipinski definition) is 8. The van der Waals surface area contributed by atoms with Gasteiger partial charge in [0.2, 0.25) is 0 Å². The van der Waals surface area contributed by atoms with Crippen LogP contribution in [-0.2, 0) is 25.4 Å². The highest BCUT2D eigenvalue weighted by Crippen LogP contribution is 2.40. The fourth-order valence-electron chi connectivity index (χ4n) is 5.54. The highest BCUT2D eigenvalue weighted by Gasteiger charge is 2.39. The molecule has 1 aromatic heterocycles. The second-order valence-electron chi connectivity index (χ2n) is 12.6. The first-order valence-corrected chi connectivity index (χ1v) is 16.1. The molecule has 3 atom stereocenters. The van der Waals surface area contributed by atoms with Crippen LogP contribution in [-0.4, -0.2) is 89.1 Å². The van der Waals surface area contributed by atoms with E-state index in [0.29, 0.717) is 35.0 Å². The van der Waals surface area contributed by atoms with E-state index < -0.39 is 35.5 Å². The van der Waals surface area contributed by atoms with E-state index in [1.165, 1.54) is 29.1 Å². The van der Waals surface area contributed by atoms with Gasteiger partial charge in [-0.1, -0.05) is 49.7 Å². The van der Waals surface area contributed by atoms with Crippen molar-refractivity contribution in [3.05, 3.63) is 99.9 Å². The first-order valence-electron chi connectivity index (χ1n) is 15.7. The van der Waals surface area contributed by atoms with Crippen molar-refractivity contribution in [2.75, 3.05) is 38.9 Å². The van der Waals surface area contributed by atoms with Gasteiger partial charge in [-0.2, -0.15) is 5.10 Å². The van der Waals surface area contributed by atoms with Crippen molar-refractivity contribution < 1.29 is 43.9 Å². The predicted octanol–water partition coefficient (Wildman–Crippen LogP) is 5.51. The molecule has 49 heavy (non-hydrogen) atoms. The van der Waals surface area contributed by atoms with Crippen LogP contribution in [0, 0.1) is 5.41 Å². The third-order valence-corrected chi connectivity index (χ3v) is 8.55. The number of carbonyl (C=O) groups excluding carboxylic acids is 1. The number of aromatic nitrogens is 2. The van der Waals surface area contributed by atoms with Crippen LogP contribution >= 0.6 is 11.6 Å². The van der Waals surface area contributed by atoms with Gasteiger partial charge < -0.3 is 34.4 Å². The average Bonchev–Trinajstić information content (AvgIpc) is 3.47. The van der Waals surface area contributed by atoms with Gasteiger partial charge in [0.25, 0.3) is 5.91 Å². The molecule has 1 aliphatic rings. The standard InChI is InChI=1S/C36H42ClN3O9/c1-22(48-5)24(19-47-4)9-6-7-12-31-27-16-25(37)13-14-29(27)39(20-36(2,3)21-41)33(42)32(49-31)17-30-28(35(45)46)18-38-40(30)26-11-8-10-23(15-26)34(43)44/h6-11,13-16,18,22,31-32,41H,12,17,19-21H2,1-5H3,(H,43,44)(H,45,46)/b7-6-,24-9-/t22?,31-,32-/m1/s1. The molecule has 3 aromatic rings. The van der Waals surface area contributed by atoms with Crippen molar-refractivity contribution in [3.63, 3.8) is 0 Å². The Balaban J connectivity index is 1.82. The van der Waals surface area contributed by atoms with Crippen LogP contribution in [0.3, 0.4) is 0 Å². The third-order valence-electron chi connectivity index (χ3n) is 8.31. The molecule has 2 heterocycles. The molecule has 0 saturated carbocycles. The Morgan fingerprint density at radius 1 is 1.12 bits per heavy atom. The Kier molecular flexibility index (Phi) is 12.5. The van der Waals surface area contributed by atoms with Crippen molar-refractivity contribution in [2.24, 2.45) is 5.41 Å². The van der Waals surface area contributed by atoms with Gasteiger partial charge in [0.15, 0.2) is 0 Å². The van der Waals surface area contributed by atoms with Crippen LogP contribution in [0.4, 0.5) is 5.69 Å². The molecular weight excluding hydrogens is 654 g/mol. The zero-order valence-electron chi connectivity index (χ0n) is 28.1. The Labute approximate surface area is 290 Å². The lowest BCUT2D eigenvalue weighted by Gasteiger charge is -2.32. The van der Waals surface area contributed by atoms with E-state index in [4.69, 9.17) is 25.8 Å². The van der Waals surface area contributed by atoms with Crippen molar-refractivity contribution in [1.82, 2.24) is 9.78 Å². The topological polar surface area (TPSA) is 161 Å². The van der Waals surface area contributed by atoms with Gasteiger partial charge in [-0.25, -0.2) is 14.3 Å². The summed E-state index contributed by atoms with van der Waals surface area (Å²) >= 11 is 6.49. The van der Waals surface area contributed by atoms with E-state index >= 15 is 0 Å². The van der Waals surface area contributed by atoms with E-state index in [2.05, 4.69) is 5.10 Å². The molecule has 4 rings (SSSR count). The van der Waals surface area contributed by atoms with Crippen LogP contribution in [0.1, 0.15) is 65.3 Å². The van der Waals surface area contributed by atoms with Gasteiger partial charge >= 0.3 is 11.9 Å². The number of ether oxygens (including phenoxy) is 3. The fourth-order valence-corrected chi connectivity index (χ4v) is 5.72. The summed E-state index contributed by atoms with van der Waals surface area (Å²) in [6.07, 6.45) is 4.85. The summed E-state index contributed by atoms with van der Waals surface area (Å²) < 4.78 is 18.7. The predicted molar refractivity (Wildman–Crippen MR) is 184 cm³/mol. The summed E-state index contributed by atoms with van der Waals surface area (Å²) in [5.74, 6) is -2.88. The van der Waals surface area contributed by atoms with Crippen molar-refractivity contribution >= 4 is 35.1 Å². The first-order chi connectivity index (χ1) is 23.3. The number of allylic oxidation sites excluding steroid dienone is 2. The van der Waals surface area contributed by atoms with Gasteiger partial charge in [0, 0.05) is 55.5 Å². The molecule has 0 bridgehead atoms. The summed E-state index contributed by atoms with van der Waals surface area (Å²) in [6, 6.07) is 11.1. The smallest absolute Gasteiger partial charge is 0.339 e. The van der Waals surface area contributed by atoms with E-state index in [1.54, 1.807) is 43.4 Å². The van der Waals surface area contributed by atoms with Crippen molar-refractivity contribution in [3.8, 4) is 5.69 Å². The molecule has 13 heteroatoms. The van der Waals surface area contributed by atoms with Crippen LogP contribution in [0.2, 0.25) is 5.02 Å². The number of nitrogens with zero attached hydrogens (tertiary/aromatic N) is 3. The molecule has 3 N–H and O–H groups in total. The highest BCUT2D eigenvalue weighted by molar-refractivity contribution is 6.30. The van der Waals surface area contributed by atoms with E-state index in [0.717, 1.165) is 5.57 Å². The zero-order valence-corrected chi connectivity index (χ0v) is 28.9. The number of fused-ring (bicyclic) bond motifs is 1. The highest BCUT2D eigenvalue weighted by atomic mass is 35.5. The Morgan fingerprint density at radius 2 is 1.88 bits per heavy atom. The number of hydrogen-bond donors (Lipinski definition) is 3. The minimum Gasteiger partial charge on any atom is -0.478 e. The van der Waals surface area contributed by atoms with Gasteiger partial charge in [-0.15, -0.1) is 0 Å². The summed E-state index contributed by atoms with van der Waals surface area (Å²) in [4.78, 5) is 40.2. The maximum Gasteiger partial charge on any atom is 0.339 e. The van der Waals surface area contributed by atoms with Crippen molar-refractivity contribution in [2.45, 2.75) is 51.9 Å². The Morgan fingerprint density at radius 3 is 2.53 bits per heavy atom. The summed E-state index contributed by atoms with van der Waals surface area (Å²) in [5.41, 5.74) is 1.69. The second kappa shape index (κ2) is 16.4. The van der Waals surface area contributed by atoms with Crippen molar-refractivity contribution in [1.29, 1.82) is 0 Å². The molecule has 0 saturated heterocycles. The lowest BCUT2D eigenvalue weighted by atomic mass is 9.93. The Hall–Kier alpha value is -4.33. The van der Waals surface area contributed by atoms with E-state index in [1.807, 2.05) is 39.0 Å². The SMILES string of the molecule is COC/C(=C/C=C\C[C@H]1O[C@H](Cc2c(C(=O)O)cnn2-c2cccc(C(=O)O)c2)C(=O)N(CC(C)(C)CO)c2ccc(Cl)cc21)C(C)OC. The monoisotopic (exact) mass is 695 g/mol. The summed E-state index contributed by atoms with van der Waals surface area (Å²) in [7, 11) is 3.22. The number of aliphatic hydroxyl groups excluding tert-OH is 1.